The minimum Gasteiger partial charge on any atom is -0.508 e. The monoisotopic (exact) mass is 984 g/mol. The fourth-order valence-electron chi connectivity index (χ4n) is 7.92. The lowest BCUT2D eigenvalue weighted by molar-refractivity contribution is -0.390. The minimum absolute atomic E-state index is 0.0290. The molecule has 5 saturated heterocycles. The summed E-state index contributed by atoms with van der Waals surface area (Å²) in [5.41, 5.74) is 0.627. The number of carbonyl (C=O) groups is 3. The van der Waals surface area contributed by atoms with Crippen molar-refractivity contribution < 1.29 is 137 Å². The molecule has 28 heteroatoms. The van der Waals surface area contributed by atoms with Crippen molar-refractivity contribution in [3.8, 4) is 5.75 Å². The van der Waals surface area contributed by atoms with E-state index in [1.54, 1.807) is 0 Å². The number of hydrogen-bond acceptors (Lipinski definition) is 27. The molecule has 0 spiro atoms. The van der Waals surface area contributed by atoms with Gasteiger partial charge in [-0.05, 0) is 23.8 Å². The van der Waals surface area contributed by atoms with Crippen LogP contribution in [0.15, 0.2) is 24.3 Å². The molecule has 1 aromatic rings. The van der Waals surface area contributed by atoms with E-state index in [-0.39, 0.29) is 24.4 Å². The third-order valence-corrected chi connectivity index (χ3v) is 11.7. The molecule has 5 aliphatic heterocycles. The quantitative estimate of drug-likeness (QED) is 0.0267. The van der Waals surface area contributed by atoms with Crippen molar-refractivity contribution in [3.63, 3.8) is 0 Å². The predicted molar refractivity (Wildman–Crippen MR) is 211 cm³/mol. The van der Waals surface area contributed by atoms with Crippen LogP contribution in [0.3, 0.4) is 0 Å². The van der Waals surface area contributed by atoms with Gasteiger partial charge in [-0.15, -0.1) is 0 Å². The van der Waals surface area contributed by atoms with E-state index in [2.05, 4.69) is 0 Å². The van der Waals surface area contributed by atoms with Gasteiger partial charge in [-0.1, -0.05) is 6.07 Å². The highest BCUT2D eigenvalue weighted by Crippen LogP contribution is 2.35. The number of methoxy groups -OCH3 is 2. The average molecular weight is 985 g/mol. The van der Waals surface area contributed by atoms with Crippen LogP contribution in [0.25, 0.3) is 6.08 Å². The maximum absolute atomic E-state index is 12.6. The Kier molecular flexibility index (Phi) is 19.2. The number of aromatic hydroxyl groups is 1. The Morgan fingerprint density at radius 2 is 1.31 bits per heavy atom. The number of carbonyl (C=O) groups excluding carboxylic acids is 2. The van der Waals surface area contributed by atoms with Crippen molar-refractivity contribution in [3.05, 3.63) is 35.4 Å². The largest absolute Gasteiger partial charge is 0.508 e. The van der Waals surface area contributed by atoms with Crippen LogP contribution in [0.5, 0.6) is 5.75 Å². The van der Waals surface area contributed by atoms with Gasteiger partial charge >= 0.3 is 12.1 Å². The molecule has 384 valence electrons. The highest BCUT2D eigenvalue weighted by molar-refractivity contribution is 5.87. The van der Waals surface area contributed by atoms with Gasteiger partial charge in [-0.2, -0.15) is 0 Å². The first-order valence-electron chi connectivity index (χ1n) is 21.0. The molecule has 0 aromatic heterocycles. The molecule has 5 aliphatic rings. The third kappa shape index (κ3) is 12.4. The van der Waals surface area contributed by atoms with Crippen LogP contribution in [0, 0.1) is 5.92 Å². The Hall–Kier alpha value is -3.83. The fourth-order valence-corrected chi connectivity index (χ4v) is 7.92. The SMILES string of the molecule is CO[C@@H]1OC[C@@H](O[C@@H]2OC[C@@H](O[C@@H]3OC[C@@H](OC)C(O)C3O[C@H]3OC(OC=O)[C@@H](CO)[C@H](O)C3O)[C@H](O[C@@H]3O[C@@H](COC(=O)/C=C/c4ccc(O)c(CO)c4)C(O)[C@@H]3O)C2O)C(O)C1OC(=O)O. The molecule has 21 atom stereocenters. The van der Waals surface area contributed by atoms with Crippen molar-refractivity contribution in [1.82, 2.24) is 0 Å². The first-order chi connectivity index (χ1) is 32.5. The average Bonchev–Trinajstić information content (AvgIpc) is 3.58. The summed E-state index contributed by atoms with van der Waals surface area (Å²) in [4.78, 5) is 35.2. The summed E-state index contributed by atoms with van der Waals surface area (Å²) in [7, 11) is 2.40. The van der Waals surface area contributed by atoms with Crippen LogP contribution >= 0.6 is 0 Å². The first kappa shape index (κ1) is 53.5. The Morgan fingerprint density at radius 1 is 0.676 bits per heavy atom. The molecule has 68 heavy (non-hydrogen) atoms. The van der Waals surface area contributed by atoms with Crippen molar-refractivity contribution >= 4 is 24.7 Å². The number of esters is 1. The normalized spacial score (nSPS) is 41.0. The zero-order valence-corrected chi connectivity index (χ0v) is 36.2. The molecule has 5 heterocycles. The summed E-state index contributed by atoms with van der Waals surface area (Å²) in [6.07, 6.45) is -33.1. The van der Waals surface area contributed by atoms with Crippen molar-refractivity contribution in [2.45, 2.75) is 130 Å². The molecule has 0 amide bonds. The Balaban J connectivity index is 1.20. The molecular formula is C40H56O28. The molecule has 0 bridgehead atoms. The lowest BCUT2D eigenvalue weighted by atomic mass is 9.94. The number of carboxylic acid groups (broad SMARTS) is 1. The van der Waals surface area contributed by atoms with Gasteiger partial charge < -0.3 is 122 Å². The molecule has 5 fully saturated rings. The van der Waals surface area contributed by atoms with Crippen LogP contribution in [-0.4, -0.2) is 245 Å². The van der Waals surface area contributed by atoms with E-state index >= 15 is 0 Å². The van der Waals surface area contributed by atoms with Crippen molar-refractivity contribution in [2.24, 2.45) is 5.92 Å². The van der Waals surface area contributed by atoms with Crippen molar-refractivity contribution in [1.29, 1.82) is 0 Å². The standard InChI is InChI=1S/C40H56O28/c1-55-19-10-60-39(33(26(19)48)66-37-28(50)24(46)17(9-42)34(68-37)61-14-43)64-22-13-58-35(62-21-12-59-38(56-2)32(27(21)49)67-40(53)54)30(52)31(22)65-36-29(51)25(47)20(63-36)11-57-23(45)6-4-15-3-5-18(44)16(7-15)8-41/h3-7,14,17,19-22,24-39,41-42,44,46-52H,8-13H2,1-2H3,(H,53,54)/b6-4+/t17-,19+,20-,21+,22+,24-,25?,26?,27?,28?,29-,30?,31-,32?,33?,34?,35-,36-,37-,38+,39-/m0/s1. The van der Waals surface area contributed by atoms with Gasteiger partial charge in [0, 0.05) is 25.9 Å². The summed E-state index contributed by atoms with van der Waals surface area (Å²) in [6.45, 7) is -3.35. The molecule has 1 aromatic carbocycles. The molecule has 28 nitrogen and oxygen atoms in total. The molecule has 6 rings (SSSR count). The van der Waals surface area contributed by atoms with Gasteiger partial charge in [-0.3, -0.25) is 4.79 Å². The predicted octanol–water partition coefficient (Wildman–Crippen LogP) is -5.51. The lowest BCUT2D eigenvalue weighted by Crippen LogP contribution is -2.64. The summed E-state index contributed by atoms with van der Waals surface area (Å²) >= 11 is 0. The Bertz CT molecular complexity index is 1820. The number of aliphatic hydroxyl groups is 9. The summed E-state index contributed by atoms with van der Waals surface area (Å²) in [6, 6.07) is 4.20. The van der Waals surface area contributed by atoms with Crippen molar-refractivity contribution in [2.75, 3.05) is 47.3 Å². The van der Waals surface area contributed by atoms with E-state index in [4.69, 9.17) is 66.3 Å². The summed E-state index contributed by atoms with van der Waals surface area (Å²) in [5.74, 6) is -2.40. The summed E-state index contributed by atoms with van der Waals surface area (Å²) in [5, 5.41) is 116. The Morgan fingerprint density at radius 3 is 1.99 bits per heavy atom. The lowest BCUT2D eigenvalue weighted by Gasteiger charge is -2.47. The number of hydrogen-bond donors (Lipinski definition) is 11. The number of ether oxygens (including phenoxy) is 14. The van der Waals surface area contributed by atoms with Crippen LogP contribution in [0.4, 0.5) is 4.79 Å². The molecular weight excluding hydrogens is 928 g/mol. The van der Waals surface area contributed by atoms with Crippen LogP contribution < -0.4 is 0 Å². The topological polar surface area (TPSA) is 403 Å². The highest BCUT2D eigenvalue weighted by Gasteiger charge is 2.55. The van der Waals surface area contributed by atoms with Gasteiger partial charge in [0.25, 0.3) is 6.47 Å². The number of benzene rings is 1. The minimum atomic E-state index is -2.00. The van der Waals surface area contributed by atoms with Gasteiger partial charge in [0.05, 0.1) is 45.1 Å². The summed E-state index contributed by atoms with van der Waals surface area (Å²) < 4.78 is 77.5. The second-order valence-electron chi connectivity index (χ2n) is 16.0. The van der Waals surface area contributed by atoms with E-state index in [9.17, 15) is 70.6 Å². The third-order valence-electron chi connectivity index (χ3n) is 11.7. The van der Waals surface area contributed by atoms with Gasteiger partial charge in [0.1, 0.15) is 85.6 Å². The second-order valence-corrected chi connectivity index (χ2v) is 16.0. The van der Waals surface area contributed by atoms with Crippen LogP contribution in [0.2, 0.25) is 0 Å². The number of phenols is 1. The zero-order chi connectivity index (χ0) is 49.4. The second kappa shape index (κ2) is 24.3. The van der Waals surface area contributed by atoms with E-state index in [0.29, 0.717) is 5.56 Å². The van der Waals surface area contributed by atoms with E-state index in [0.717, 1.165) is 6.08 Å². The van der Waals surface area contributed by atoms with E-state index in [1.807, 2.05) is 0 Å². The number of rotatable bonds is 19. The molecule has 0 saturated carbocycles. The molecule has 11 N–H and O–H groups in total. The first-order valence-corrected chi connectivity index (χ1v) is 21.0. The van der Waals surface area contributed by atoms with Gasteiger partial charge in [0.15, 0.2) is 37.6 Å². The molecule has 0 aliphatic carbocycles. The Labute approximate surface area is 385 Å². The van der Waals surface area contributed by atoms with Gasteiger partial charge in [-0.25, -0.2) is 9.59 Å². The van der Waals surface area contributed by atoms with Crippen LogP contribution in [-0.2, 0) is 82.5 Å². The fraction of sp³-hybridized carbons (Fsp3) is 0.725. The zero-order valence-electron chi connectivity index (χ0n) is 36.2. The van der Waals surface area contributed by atoms with E-state index < -0.39 is 174 Å². The smallest absolute Gasteiger partial charge is 0.506 e. The van der Waals surface area contributed by atoms with Gasteiger partial charge in [0.2, 0.25) is 6.29 Å². The maximum atomic E-state index is 12.6. The maximum Gasteiger partial charge on any atom is 0.506 e. The van der Waals surface area contributed by atoms with E-state index in [1.165, 1.54) is 38.5 Å². The molecule has 8 unspecified atom stereocenters. The highest BCUT2D eigenvalue weighted by atomic mass is 16.8. The molecule has 0 radical (unpaired) electrons. The number of aliphatic hydroxyl groups excluding tert-OH is 9. The van der Waals surface area contributed by atoms with Crippen LogP contribution in [0.1, 0.15) is 11.1 Å².